The Hall–Kier alpha value is -4.12. The first-order valence-corrected chi connectivity index (χ1v) is 10.7. The van der Waals surface area contributed by atoms with Gasteiger partial charge in [0.25, 0.3) is 0 Å². The van der Waals surface area contributed by atoms with Crippen molar-refractivity contribution in [3.05, 3.63) is 95.1 Å². The molecule has 0 atom stereocenters. The first-order valence-electron chi connectivity index (χ1n) is 10.7. The second-order valence-electron chi connectivity index (χ2n) is 8.34. The van der Waals surface area contributed by atoms with Gasteiger partial charge in [-0.25, -0.2) is 0 Å². The number of benzene rings is 4. The van der Waals surface area contributed by atoms with E-state index in [1.165, 1.54) is 0 Å². The van der Waals surface area contributed by atoms with Crippen molar-refractivity contribution in [1.82, 2.24) is 0 Å². The lowest BCUT2D eigenvalue weighted by molar-refractivity contribution is 0.446. The Morgan fingerprint density at radius 3 is 1.67 bits per heavy atom. The van der Waals surface area contributed by atoms with E-state index in [0.29, 0.717) is 17.1 Å². The molecular weight excluding hydrogens is 414 g/mol. The molecule has 5 nitrogen and oxygen atoms in total. The predicted molar refractivity (Wildman–Crippen MR) is 132 cm³/mol. The topological polar surface area (TPSA) is 73.2 Å². The predicted octanol–water partition coefficient (Wildman–Crippen LogP) is 7.30. The Morgan fingerprint density at radius 2 is 1.15 bits per heavy atom. The molecule has 0 heterocycles. The molecule has 0 fully saturated rings. The van der Waals surface area contributed by atoms with Gasteiger partial charge in [-0.3, -0.25) is 0 Å². The third kappa shape index (κ3) is 4.72. The van der Waals surface area contributed by atoms with Crippen LogP contribution in [0.15, 0.2) is 72.8 Å². The number of anilines is 3. The third-order valence-corrected chi connectivity index (χ3v) is 5.50. The highest BCUT2D eigenvalue weighted by Gasteiger charge is 2.16. The van der Waals surface area contributed by atoms with Crippen LogP contribution < -0.4 is 9.64 Å². The smallest absolute Gasteiger partial charge is 0.136 e. The van der Waals surface area contributed by atoms with Crippen LogP contribution in [0.5, 0.6) is 28.7 Å². The van der Waals surface area contributed by atoms with E-state index in [1.807, 2.05) is 75.1 Å². The maximum absolute atomic E-state index is 10.2. The minimum atomic E-state index is 0.168. The van der Waals surface area contributed by atoms with Crippen LogP contribution in [0.25, 0.3) is 0 Å². The van der Waals surface area contributed by atoms with E-state index in [1.54, 1.807) is 30.3 Å². The number of nitrogens with zero attached hydrogens (tertiary/aromatic N) is 1. The maximum atomic E-state index is 10.2. The van der Waals surface area contributed by atoms with Gasteiger partial charge in [0.15, 0.2) is 0 Å². The molecule has 0 amide bonds. The van der Waals surface area contributed by atoms with Gasteiger partial charge in [0.2, 0.25) is 0 Å². The molecule has 0 aliphatic carbocycles. The fourth-order valence-electron chi connectivity index (χ4n) is 3.95. The zero-order chi connectivity index (χ0) is 23.7. The van der Waals surface area contributed by atoms with E-state index in [-0.39, 0.29) is 17.2 Å². The molecule has 0 spiro atoms. The van der Waals surface area contributed by atoms with Crippen LogP contribution >= 0.6 is 0 Å². The number of phenolic OH excluding ortho intramolecular Hbond substituents is 3. The average molecular weight is 442 g/mol. The van der Waals surface area contributed by atoms with Crippen molar-refractivity contribution in [3.8, 4) is 28.7 Å². The zero-order valence-corrected chi connectivity index (χ0v) is 19.1. The molecule has 33 heavy (non-hydrogen) atoms. The highest BCUT2D eigenvalue weighted by molar-refractivity contribution is 5.78. The van der Waals surface area contributed by atoms with E-state index in [9.17, 15) is 15.3 Å². The molecule has 4 aromatic carbocycles. The van der Waals surface area contributed by atoms with Crippen molar-refractivity contribution in [3.63, 3.8) is 0 Å². The summed E-state index contributed by atoms with van der Waals surface area (Å²) in [5.74, 6) is 1.79. The average Bonchev–Trinajstić information content (AvgIpc) is 2.74. The largest absolute Gasteiger partial charge is 0.508 e. The van der Waals surface area contributed by atoms with Crippen molar-refractivity contribution in [2.24, 2.45) is 0 Å². The third-order valence-electron chi connectivity index (χ3n) is 5.50. The van der Waals surface area contributed by atoms with Gasteiger partial charge in [0.05, 0.1) is 11.4 Å². The summed E-state index contributed by atoms with van der Waals surface area (Å²) in [7, 11) is 0. The lowest BCUT2D eigenvalue weighted by Gasteiger charge is -2.26. The first kappa shape index (κ1) is 22.1. The molecule has 0 aliphatic heterocycles. The van der Waals surface area contributed by atoms with E-state index < -0.39 is 0 Å². The van der Waals surface area contributed by atoms with E-state index in [0.717, 1.165) is 33.8 Å². The Bertz CT molecular complexity index is 1220. The molecule has 0 radical (unpaired) electrons. The van der Waals surface area contributed by atoms with E-state index in [4.69, 9.17) is 4.74 Å². The Labute approximate surface area is 193 Å². The summed E-state index contributed by atoms with van der Waals surface area (Å²) in [6.07, 6.45) is 0. The van der Waals surface area contributed by atoms with Crippen molar-refractivity contribution >= 4 is 17.1 Å². The number of hydrogen-bond acceptors (Lipinski definition) is 5. The Balaban J connectivity index is 1.76. The summed E-state index contributed by atoms with van der Waals surface area (Å²) in [5.41, 5.74) is 5.83. The second kappa shape index (κ2) is 8.79. The van der Waals surface area contributed by atoms with E-state index >= 15 is 0 Å². The lowest BCUT2D eigenvalue weighted by atomic mass is 10.1. The van der Waals surface area contributed by atoms with Crippen molar-refractivity contribution in [2.75, 3.05) is 4.90 Å². The number of aromatic hydroxyl groups is 3. The first-order chi connectivity index (χ1) is 15.7. The fourth-order valence-corrected chi connectivity index (χ4v) is 3.95. The van der Waals surface area contributed by atoms with Crippen molar-refractivity contribution in [1.29, 1.82) is 0 Å². The molecule has 5 heteroatoms. The minimum absolute atomic E-state index is 0.168. The van der Waals surface area contributed by atoms with Crippen LogP contribution in [0, 0.1) is 27.7 Å². The van der Waals surface area contributed by atoms with Gasteiger partial charge in [-0.15, -0.1) is 0 Å². The Morgan fingerprint density at radius 1 is 0.606 bits per heavy atom. The standard InChI is InChI=1S/C28H27NO4/c1-17-11-22(15-24(30)13-17)29(23-12-18(2)14-25(31)16-23)21-6-8-26(9-7-21)33-28-19(3)5-10-27(32)20(28)4/h5-16,30-32H,1-4H3. The van der Waals surface area contributed by atoms with Gasteiger partial charge in [0.1, 0.15) is 28.7 Å². The van der Waals surface area contributed by atoms with Crippen LogP contribution in [0.4, 0.5) is 17.1 Å². The molecular formula is C28H27NO4. The van der Waals surface area contributed by atoms with Crippen LogP contribution in [-0.4, -0.2) is 15.3 Å². The van der Waals surface area contributed by atoms with E-state index in [2.05, 4.69) is 0 Å². The minimum Gasteiger partial charge on any atom is -0.508 e. The number of hydrogen-bond donors (Lipinski definition) is 3. The number of aryl methyl sites for hydroxylation is 3. The Kier molecular flexibility index (Phi) is 5.88. The molecule has 3 N–H and O–H groups in total. The van der Waals surface area contributed by atoms with Gasteiger partial charge in [-0.05, 0) is 99.0 Å². The van der Waals surface area contributed by atoms with Crippen LogP contribution in [0.3, 0.4) is 0 Å². The van der Waals surface area contributed by atoms with Crippen LogP contribution in [-0.2, 0) is 0 Å². The molecule has 0 saturated carbocycles. The summed E-state index contributed by atoms with van der Waals surface area (Å²) in [5, 5.41) is 30.5. The number of ether oxygens (including phenoxy) is 1. The second-order valence-corrected chi connectivity index (χ2v) is 8.34. The van der Waals surface area contributed by atoms with Gasteiger partial charge < -0.3 is 25.0 Å². The van der Waals surface area contributed by atoms with Crippen LogP contribution in [0.1, 0.15) is 22.3 Å². The maximum Gasteiger partial charge on any atom is 0.136 e. The highest BCUT2D eigenvalue weighted by atomic mass is 16.5. The zero-order valence-electron chi connectivity index (χ0n) is 19.1. The summed E-state index contributed by atoms with van der Waals surface area (Å²) in [6.45, 7) is 7.60. The molecule has 0 unspecified atom stereocenters. The van der Waals surface area contributed by atoms with Gasteiger partial charge in [-0.2, -0.15) is 0 Å². The summed E-state index contributed by atoms with van der Waals surface area (Å²) in [6, 6.07) is 21.8. The van der Waals surface area contributed by atoms with Gasteiger partial charge in [0, 0.05) is 23.4 Å². The highest BCUT2D eigenvalue weighted by Crippen LogP contribution is 2.40. The van der Waals surface area contributed by atoms with Crippen LogP contribution in [0.2, 0.25) is 0 Å². The quantitative estimate of drug-likeness (QED) is 0.303. The molecule has 0 aliphatic rings. The molecule has 4 rings (SSSR count). The summed E-state index contributed by atoms with van der Waals surface area (Å²) >= 11 is 0. The fraction of sp³-hybridized carbons (Fsp3) is 0.143. The normalized spacial score (nSPS) is 10.8. The summed E-state index contributed by atoms with van der Waals surface area (Å²) in [4.78, 5) is 1.97. The summed E-state index contributed by atoms with van der Waals surface area (Å²) < 4.78 is 6.08. The number of rotatable bonds is 5. The molecule has 0 aromatic heterocycles. The molecule has 0 bridgehead atoms. The number of phenols is 3. The molecule has 168 valence electrons. The monoisotopic (exact) mass is 441 g/mol. The van der Waals surface area contributed by atoms with Crippen molar-refractivity contribution in [2.45, 2.75) is 27.7 Å². The lowest BCUT2D eigenvalue weighted by Crippen LogP contribution is -2.10. The molecule has 0 saturated heterocycles. The molecule has 4 aromatic rings. The SMILES string of the molecule is Cc1cc(O)cc(N(c2ccc(Oc3c(C)ccc(O)c3C)cc2)c2cc(C)cc(O)c2)c1. The van der Waals surface area contributed by atoms with Gasteiger partial charge >= 0.3 is 0 Å². The van der Waals surface area contributed by atoms with Crippen molar-refractivity contribution < 1.29 is 20.1 Å². The van der Waals surface area contributed by atoms with Gasteiger partial charge in [-0.1, -0.05) is 6.07 Å².